The molecule has 1 saturated carbocycles. The molecule has 1 aliphatic carbocycles. The van der Waals surface area contributed by atoms with Crippen molar-refractivity contribution in [3.8, 4) is 5.69 Å². The first-order valence-corrected chi connectivity index (χ1v) is 8.64. The minimum Gasteiger partial charge on any atom is -0.481 e. The van der Waals surface area contributed by atoms with Crippen LogP contribution < -0.4 is 5.32 Å². The minimum absolute atomic E-state index is 0.251. The average molecular weight is 342 g/mol. The lowest BCUT2D eigenvalue weighted by Crippen LogP contribution is -2.43. The third kappa shape index (κ3) is 4.23. The summed E-state index contributed by atoms with van der Waals surface area (Å²) in [5, 5.41) is 16.5. The summed E-state index contributed by atoms with van der Waals surface area (Å²) in [6, 6.07) is 6.72. The van der Waals surface area contributed by atoms with Gasteiger partial charge in [0.2, 0.25) is 0 Å². The molecule has 132 valence electrons. The summed E-state index contributed by atoms with van der Waals surface area (Å²) >= 11 is 0. The molecule has 2 unspecified atom stereocenters. The van der Waals surface area contributed by atoms with Crippen molar-refractivity contribution >= 4 is 11.9 Å². The van der Waals surface area contributed by atoms with Crippen LogP contribution in [-0.2, 0) is 4.79 Å². The summed E-state index contributed by atoms with van der Waals surface area (Å²) < 4.78 is 1.58. The monoisotopic (exact) mass is 342 g/mol. The highest BCUT2D eigenvalue weighted by Gasteiger charge is 2.30. The van der Waals surface area contributed by atoms with Gasteiger partial charge in [0.1, 0.15) is 12.7 Å². The molecule has 1 fully saturated rings. The Bertz CT molecular complexity index is 730. The van der Waals surface area contributed by atoms with Crippen LogP contribution in [0, 0.1) is 5.92 Å². The normalized spacial score (nSPS) is 21.1. The van der Waals surface area contributed by atoms with E-state index in [1.807, 2.05) is 6.07 Å². The maximum atomic E-state index is 12.7. The second-order valence-corrected chi connectivity index (χ2v) is 6.41. The highest BCUT2D eigenvalue weighted by molar-refractivity contribution is 5.95. The summed E-state index contributed by atoms with van der Waals surface area (Å²) in [6.07, 6.45) is 8.28. The summed E-state index contributed by atoms with van der Waals surface area (Å²) in [5.41, 5.74) is 1.22. The number of aromatic nitrogens is 3. The van der Waals surface area contributed by atoms with Crippen molar-refractivity contribution in [1.29, 1.82) is 0 Å². The molecular weight excluding hydrogens is 320 g/mol. The van der Waals surface area contributed by atoms with E-state index in [1.54, 1.807) is 29.2 Å². The molecule has 0 radical (unpaired) electrons. The van der Waals surface area contributed by atoms with Crippen molar-refractivity contribution in [2.24, 2.45) is 5.92 Å². The number of carbonyl (C=O) groups is 2. The second kappa shape index (κ2) is 7.92. The van der Waals surface area contributed by atoms with Crippen LogP contribution in [-0.4, -0.2) is 37.8 Å². The lowest BCUT2D eigenvalue weighted by atomic mass is 9.86. The van der Waals surface area contributed by atoms with Crippen LogP contribution in [0.1, 0.15) is 48.9 Å². The van der Waals surface area contributed by atoms with Crippen molar-refractivity contribution < 1.29 is 14.7 Å². The molecule has 7 heteroatoms. The number of hydrogen-bond acceptors (Lipinski definition) is 4. The third-order valence-corrected chi connectivity index (χ3v) is 4.69. The maximum absolute atomic E-state index is 12.7. The van der Waals surface area contributed by atoms with E-state index in [1.165, 1.54) is 6.33 Å². The number of carbonyl (C=O) groups excluding carboxylic acids is 1. The summed E-state index contributed by atoms with van der Waals surface area (Å²) in [4.78, 5) is 28.1. The fourth-order valence-electron chi connectivity index (χ4n) is 3.34. The molecule has 3 rings (SSSR count). The van der Waals surface area contributed by atoms with Gasteiger partial charge in [0.25, 0.3) is 5.91 Å². The van der Waals surface area contributed by atoms with Gasteiger partial charge in [-0.2, -0.15) is 5.10 Å². The van der Waals surface area contributed by atoms with E-state index in [4.69, 9.17) is 0 Å². The molecule has 0 aliphatic heterocycles. The van der Waals surface area contributed by atoms with E-state index >= 15 is 0 Å². The summed E-state index contributed by atoms with van der Waals surface area (Å²) in [6.45, 7) is 0. The van der Waals surface area contributed by atoms with Gasteiger partial charge in [-0.1, -0.05) is 31.7 Å². The highest BCUT2D eigenvalue weighted by Crippen LogP contribution is 2.23. The van der Waals surface area contributed by atoms with Gasteiger partial charge in [0.05, 0.1) is 11.6 Å². The number of aliphatic carboxylic acids is 1. The zero-order chi connectivity index (χ0) is 17.6. The first-order valence-electron chi connectivity index (χ1n) is 8.64. The molecule has 0 bridgehead atoms. The van der Waals surface area contributed by atoms with Crippen LogP contribution in [0.5, 0.6) is 0 Å². The van der Waals surface area contributed by atoms with Crippen molar-refractivity contribution in [3.63, 3.8) is 0 Å². The number of nitrogens with one attached hydrogen (secondary N) is 1. The zero-order valence-corrected chi connectivity index (χ0v) is 14.0. The van der Waals surface area contributed by atoms with E-state index in [0.717, 1.165) is 31.4 Å². The van der Waals surface area contributed by atoms with E-state index in [0.29, 0.717) is 18.4 Å². The highest BCUT2D eigenvalue weighted by atomic mass is 16.4. The SMILES string of the molecule is O=C(NC1CCCCCCC1C(=O)O)c1cccc(-n2cncn2)c1. The van der Waals surface area contributed by atoms with Crippen LogP contribution in [0.4, 0.5) is 0 Å². The van der Waals surface area contributed by atoms with Gasteiger partial charge in [-0.25, -0.2) is 9.67 Å². The molecule has 2 atom stereocenters. The average Bonchev–Trinajstić information content (AvgIpc) is 3.11. The Morgan fingerprint density at radius 3 is 2.68 bits per heavy atom. The van der Waals surface area contributed by atoms with Gasteiger partial charge in [0.15, 0.2) is 0 Å². The molecule has 1 aromatic heterocycles. The van der Waals surface area contributed by atoms with Gasteiger partial charge in [-0.15, -0.1) is 0 Å². The summed E-state index contributed by atoms with van der Waals surface area (Å²) in [7, 11) is 0. The number of carboxylic acids is 1. The molecule has 25 heavy (non-hydrogen) atoms. The quantitative estimate of drug-likeness (QED) is 0.889. The minimum atomic E-state index is -0.830. The molecular formula is C18H22N4O3. The molecule has 2 aromatic rings. The molecule has 0 spiro atoms. The van der Waals surface area contributed by atoms with Crippen molar-refractivity contribution in [3.05, 3.63) is 42.5 Å². The number of amides is 1. The third-order valence-electron chi connectivity index (χ3n) is 4.69. The van der Waals surface area contributed by atoms with Crippen molar-refractivity contribution in [1.82, 2.24) is 20.1 Å². The second-order valence-electron chi connectivity index (χ2n) is 6.41. The first-order chi connectivity index (χ1) is 12.1. The smallest absolute Gasteiger partial charge is 0.308 e. The topological polar surface area (TPSA) is 97.1 Å². The van der Waals surface area contributed by atoms with Crippen LogP contribution in [0.2, 0.25) is 0 Å². The number of nitrogens with zero attached hydrogens (tertiary/aromatic N) is 3. The van der Waals surface area contributed by atoms with Crippen molar-refractivity contribution in [2.75, 3.05) is 0 Å². The Morgan fingerprint density at radius 2 is 1.96 bits per heavy atom. The van der Waals surface area contributed by atoms with Crippen LogP contribution in [0.3, 0.4) is 0 Å². The predicted octanol–water partition coefficient (Wildman–Crippen LogP) is 2.42. The number of hydrogen-bond donors (Lipinski definition) is 2. The summed E-state index contributed by atoms with van der Waals surface area (Å²) in [5.74, 6) is -1.61. The van der Waals surface area contributed by atoms with Gasteiger partial charge in [-0.3, -0.25) is 9.59 Å². The van der Waals surface area contributed by atoms with E-state index in [2.05, 4.69) is 15.4 Å². The molecule has 7 nitrogen and oxygen atoms in total. The molecule has 0 saturated heterocycles. The fourth-order valence-corrected chi connectivity index (χ4v) is 3.34. The van der Waals surface area contributed by atoms with Gasteiger partial charge in [-0.05, 0) is 31.0 Å². The first kappa shape index (κ1) is 17.1. The predicted molar refractivity (Wildman–Crippen MR) is 91.4 cm³/mol. The van der Waals surface area contributed by atoms with Gasteiger partial charge < -0.3 is 10.4 Å². The standard InChI is InChI=1S/C18H22N4O3/c23-17(13-6-5-7-14(10-13)22-12-19-11-20-22)21-16-9-4-2-1-3-8-15(16)18(24)25/h5-7,10-12,15-16H,1-4,8-9H2,(H,21,23)(H,24,25). The van der Waals surface area contributed by atoms with Crippen LogP contribution in [0.15, 0.2) is 36.9 Å². The molecule has 1 heterocycles. The van der Waals surface area contributed by atoms with Crippen LogP contribution >= 0.6 is 0 Å². The molecule has 1 amide bonds. The molecule has 1 aliphatic rings. The Hall–Kier alpha value is -2.70. The fraction of sp³-hybridized carbons (Fsp3) is 0.444. The van der Waals surface area contributed by atoms with E-state index in [-0.39, 0.29) is 11.9 Å². The Morgan fingerprint density at radius 1 is 1.16 bits per heavy atom. The number of rotatable bonds is 4. The lowest BCUT2D eigenvalue weighted by Gasteiger charge is -2.27. The maximum Gasteiger partial charge on any atom is 0.308 e. The largest absolute Gasteiger partial charge is 0.481 e. The zero-order valence-electron chi connectivity index (χ0n) is 14.0. The van der Waals surface area contributed by atoms with Gasteiger partial charge >= 0.3 is 5.97 Å². The van der Waals surface area contributed by atoms with Crippen molar-refractivity contribution in [2.45, 2.75) is 44.6 Å². The van der Waals surface area contributed by atoms with E-state index < -0.39 is 11.9 Å². The molecule has 1 aromatic carbocycles. The lowest BCUT2D eigenvalue weighted by molar-refractivity contribution is -0.143. The Labute approximate surface area is 146 Å². The Kier molecular flexibility index (Phi) is 5.42. The number of carboxylic acid groups (broad SMARTS) is 1. The Balaban J connectivity index is 1.75. The van der Waals surface area contributed by atoms with E-state index in [9.17, 15) is 14.7 Å². The number of benzene rings is 1. The van der Waals surface area contributed by atoms with Crippen LogP contribution in [0.25, 0.3) is 5.69 Å². The van der Waals surface area contributed by atoms with Gasteiger partial charge in [0, 0.05) is 11.6 Å². The molecule has 2 N–H and O–H groups in total.